The molecule has 5 rings (SSSR count). The van der Waals surface area contributed by atoms with Crippen LogP contribution in [-0.2, 0) is 9.59 Å². The van der Waals surface area contributed by atoms with Crippen LogP contribution in [0.4, 0.5) is 39.5 Å². The summed E-state index contributed by atoms with van der Waals surface area (Å²) in [6, 6.07) is 5.35. The van der Waals surface area contributed by atoms with Gasteiger partial charge in [-0.25, -0.2) is 0 Å². The van der Waals surface area contributed by atoms with E-state index in [1.807, 2.05) is 6.07 Å². The Kier molecular flexibility index (Phi) is 11.3. The van der Waals surface area contributed by atoms with Gasteiger partial charge in [0.1, 0.15) is 5.75 Å². The van der Waals surface area contributed by atoms with E-state index >= 15 is 0 Å². The summed E-state index contributed by atoms with van der Waals surface area (Å²) in [4.78, 5) is 23.8. The molecule has 0 saturated heterocycles. The number of hydrogen-bond acceptors (Lipinski definition) is 4. The molecule has 0 heterocycles. The molecule has 15 heteroatoms. The number of hydrogen-bond donors (Lipinski definition) is 4. The Bertz CT molecular complexity index is 1490. The summed E-state index contributed by atoms with van der Waals surface area (Å²) in [6.07, 6.45) is -1.42. The first-order valence-electron chi connectivity index (χ1n) is 18.7. The van der Waals surface area contributed by atoms with Crippen LogP contribution in [0.1, 0.15) is 139 Å². The average molecular weight is 773 g/mol. The number of unbranched alkanes of at least 4 members (excludes halogenated alkanes) is 6. The minimum absolute atomic E-state index is 0.0278. The number of benzene rings is 1. The van der Waals surface area contributed by atoms with E-state index in [0.29, 0.717) is 36.0 Å². The van der Waals surface area contributed by atoms with Crippen LogP contribution < -0.4 is 0 Å². The zero-order valence-electron chi connectivity index (χ0n) is 29.6. The number of aromatic hydroxyl groups is 1. The van der Waals surface area contributed by atoms with E-state index in [9.17, 15) is 69.5 Å². The topological polar surface area (TPSA) is 115 Å². The highest BCUT2D eigenvalue weighted by Gasteiger charge is 2.81. The summed E-state index contributed by atoms with van der Waals surface area (Å²) in [5.74, 6) is -23.3. The van der Waals surface area contributed by atoms with Crippen LogP contribution in [0.2, 0.25) is 0 Å². The highest BCUT2D eigenvalue weighted by Crippen LogP contribution is 2.77. The fraction of sp³-hybridized carbons (Fsp3) is 0.789. The molecule has 1 spiro atoms. The summed E-state index contributed by atoms with van der Waals surface area (Å²) in [6.45, 7) is 2.45. The second-order valence-electron chi connectivity index (χ2n) is 16.5. The predicted octanol–water partition coefficient (Wildman–Crippen LogP) is 10.7. The SMILES string of the molecule is C[C@]12CCC3c4ccc(O)cc4[C@@H](O)[C@@H](CCCCCCCCCC(CCC(F)(F)C(F)(F)C(F)(F)C(F)(F)F)(C(=O)O)C(=O)O)C3C1CCC21CC1. The number of rotatable bonds is 17. The highest BCUT2D eigenvalue weighted by atomic mass is 19.4. The predicted molar refractivity (Wildman–Crippen MR) is 174 cm³/mol. The van der Waals surface area contributed by atoms with E-state index in [4.69, 9.17) is 0 Å². The third kappa shape index (κ3) is 7.02. The van der Waals surface area contributed by atoms with E-state index in [1.54, 1.807) is 12.1 Å². The van der Waals surface area contributed by atoms with Crippen LogP contribution in [0.15, 0.2) is 18.2 Å². The fourth-order valence-corrected chi connectivity index (χ4v) is 10.6. The molecular formula is C38H49F9O6. The summed E-state index contributed by atoms with van der Waals surface area (Å²) in [5.41, 5.74) is -0.479. The van der Waals surface area contributed by atoms with Crippen LogP contribution >= 0.6 is 0 Å². The minimum Gasteiger partial charge on any atom is -0.508 e. The van der Waals surface area contributed by atoms with Gasteiger partial charge in [-0.1, -0.05) is 57.9 Å². The third-order valence-electron chi connectivity index (χ3n) is 13.9. The van der Waals surface area contributed by atoms with Crippen molar-refractivity contribution in [2.45, 2.75) is 152 Å². The lowest BCUT2D eigenvalue weighted by molar-refractivity contribution is -0.397. The Morgan fingerprint density at radius 3 is 1.89 bits per heavy atom. The van der Waals surface area contributed by atoms with E-state index in [0.717, 1.165) is 56.1 Å². The molecule has 1 aromatic rings. The van der Waals surface area contributed by atoms with Gasteiger partial charge in [0.25, 0.3) is 0 Å². The number of phenolic OH excluding ortho intramolecular Hbond substituents is 1. The van der Waals surface area contributed by atoms with Crippen molar-refractivity contribution in [3.63, 3.8) is 0 Å². The maximum Gasteiger partial charge on any atom is 0.460 e. The van der Waals surface area contributed by atoms with Crippen molar-refractivity contribution in [1.29, 1.82) is 0 Å². The Labute approximate surface area is 302 Å². The molecule has 3 unspecified atom stereocenters. The molecule has 4 N–H and O–H groups in total. The molecule has 0 aliphatic heterocycles. The van der Waals surface area contributed by atoms with Gasteiger partial charge in [0.15, 0.2) is 5.41 Å². The van der Waals surface area contributed by atoms with Crippen LogP contribution in [-0.4, -0.2) is 56.3 Å². The van der Waals surface area contributed by atoms with Crippen molar-refractivity contribution in [2.75, 3.05) is 0 Å². The maximum absolute atomic E-state index is 14.1. The van der Waals surface area contributed by atoms with Crippen LogP contribution in [0.25, 0.3) is 0 Å². The van der Waals surface area contributed by atoms with Gasteiger partial charge in [0.05, 0.1) is 6.10 Å². The smallest absolute Gasteiger partial charge is 0.460 e. The molecule has 53 heavy (non-hydrogen) atoms. The fourth-order valence-electron chi connectivity index (χ4n) is 10.6. The number of fused-ring (bicyclic) bond motifs is 6. The number of alkyl halides is 9. The molecule has 4 aliphatic rings. The molecular weight excluding hydrogens is 723 g/mol. The first-order chi connectivity index (χ1) is 24.5. The average Bonchev–Trinajstić information content (AvgIpc) is 3.80. The monoisotopic (exact) mass is 772 g/mol. The maximum atomic E-state index is 14.1. The number of carboxylic acid groups (broad SMARTS) is 2. The molecule has 4 aliphatic carbocycles. The zero-order chi connectivity index (χ0) is 39.4. The largest absolute Gasteiger partial charge is 0.508 e. The second-order valence-corrected chi connectivity index (χ2v) is 16.5. The zero-order valence-corrected chi connectivity index (χ0v) is 29.6. The first-order valence-corrected chi connectivity index (χ1v) is 18.7. The van der Waals surface area contributed by atoms with Gasteiger partial charge in [-0.05, 0) is 116 Å². The lowest BCUT2D eigenvalue weighted by Crippen LogP contribution is -2.61. The molecule has 3 fully saturated rings. The van der Waals surface area contributed by atoms with Crippen molar-refractivity contribution in [3.8, 4) is 5.75 Å². The van der Waals surface area contributed by atoms with Crippen molar-refractivity contribution >= 4 is 11.9 Å². The number of halogens is 9. The summed E-state index contributed by atoms with van der Waals surface area (Å²) < 4.78 is 120. The molecule has 0 bridgehead atoms. The molecule has 1 aromatic carbocycles. The Morgan fingerprint density at radius 2 is 1.32 bits per heavy atom. The molecule has 3 saturated carbocycles. The molecule has 300 valence electrons. The Morgan fingerprint density at radius 1 is 0.736 bits per heavy atom. The normalized spacial score (nSPS) is 28.3. The van der Waals surface area contributed by atoms with E-state index < -0.39 is 66.7 Å². The van der Waals surface area contributed by atoms with Crippen molar-refractivity contribution in [2.24, 2.45) is 34.0 Å². The van der Waals surface area contributed by atoms with Crippen LogP contribution in [0.5, 0.6) is 5.75 Å². The summed E-state index contributed by atoms with van der Waals surface area (Å²) in [5, 5.41) is 41.1. The minimum atomic E-state index is -7.15. The molecule has 0 amide bonds. The van der Waals surface area contributed by atoms with Crippen LogP contribution in [0.3, 0.4) is 0 Å². The van der Waals surface area contributed by atoms with E-state index in [-0.39, 0.29) is 29.9 Å². The standard InChI is InChI=1S/C38H49F9O6/c1-32-15-12-24-23-11-10-22(48)21-26(23)29(49)25(28(24)27(32)13-16-33(32)17-18-33)9-7-5-3-2-4-6-8-14-34(30(50)51,31(52)53)19-20-35(39,40)36(41,42)37(43,44)38(45,46)47/h10-11,21,24-25,27-29,48-49H,2-9,12-20H2,1H3,(H,50,51)(H,52,53)/t24?,25-,27?,28?,29-,32-/m0/s1. The number of phenols is 1. The van der Waals surface area contributed by atoms with Gasteiger partial charge in [0, 0.05) is 6.42 Å². The molecule has 0 radical (unpaired) electrons. The lowest BCUT2D eigenvalue weighted by atomic mass is 9.50. The number of aliphatic carboxylic acids is 2. The number of aliphatic hydroxyl groups is 1. The van der Waals surface area contributed by atoms with Crippen molar-refractivity contribution in [3.05, 3.63) is 29.3 Å². The number of carboxylic acids is 2. The Balaban J connectivity index is 1.12. The summed E-state index contributed by atoms with van der Waals surface area (Å²) >= 11 is 0. The highest BCUT2D eigenvalue weighted by molar-refractivity contribution is 5.98. The second kappa shape index (κ2) is 14.4. The van der Waals surface area contributed by atoms with Gasteiger partial charge in [-0.2, -0.15) is 39.5 Å². The van der Waals surface area contributed by atoms with E-state index in [2.05, 4.69) is 6.92 Å². The number of aliphatic hydroxyl groups excluding tert-OH is 1. The van der Waals surface area contributed by atoms with Gasteiger partial charge in [-0.15, -0.1) is 0 Å². The third-order valence-corrected chi connectivity index (χ3v) is 13.9. The van der Waals surface area contributed by atoms with Crippen LogP contribution in [0, 0.1) is 34.0 Å². The van der Waals surface area contributed by atoms with Gasteiger partial charge in [0.2, 0.25) is 0 Å². The van der Waals surface area contributed by atoms with Gasteiger partial charge < -0.3 is 20.4 Å². The molecule has 6 nitrogen and oxygen atoms in total. The quantitative estimate of drug-likeness (QED) is 0.0712. The molecule has 0 aromatic heterocycles. The van der Waals surface area contributed by atoms with Gasteiger partial charge >= 0.3 is 35.9 Å². The Hall–Kier alpha value is -2.71. The number of carbonyl (C=O) groups is 2. The van der Waals surface area contributed by atoms with Crippen molar-refractivity contribution in [1.82, 2.24) is 0 Å². The lowest BCUT2D eigenvalue weighted by Gasteiger charge is -2.55. The summed E-state index contributed by atoms with van der Waals surface area (Å²) in [7, 11) is 0. The first kappa shape index (κ1) is 41.5. The van der Waals surface area contributed by atoms with E-state index in [1.165, 1.54) is 19.3 Å². The molecule has 6 atom stereocenters. The van der Waals surface area contributed by atoms with Gasteiger partial charge in [-0.3, -0.25) is 9.59 Å². The van der Waals surface area contributed by atoms with Crippen molar-refractivity contribution < 1.29 is 69.5 Å².